The van der Waals surface area contributed by atoms with Crippen molar-refractivity contribution in [1.29, 1.82) is 0 Å². The van der Waals surface area contributed by atoms with E-state index < -0.39 is 11.3 Å². The number of hydrogen-bond donors (Lipinski definition) is 3. The SMILES string of the molecule is CCn1c(=O)c2cn[nH]c2c2ccc(-c3ccccc3CNS(=O)O)cc21. The molecule has 1 atom stereocenters. The summed E-state index contributed by atoms with van der Waals surface area (Å²) in [5.74, 6) is 0. The summed E-state index contributed by atoms with van der Waals surface area (Å²) in [5, 5.41) is 8.45. The second kappa shape index (κ2) is 7.07. The molecule has 2 aromatic carbocycles. The lowest BCUT2D eigenvalue weighted by atomic mass is 9.98. The van der Waals surface area contributed by atoms with E-state index in [1.165, 1.54) is 0 Å². The van der Waals surface area contributed by atoms with Gasteiger partial charge in [0.05, 0.1) is 22.6 Å². The van der Waals surface area contributed by atoms with E-state index >= 15 is 0 Å². The Morgan fingerprint density at radius 3 is 2.81 bits per heavy atom. The molecule has 8 heteroatoms. The molecule has 0 spiro atoms. The molecule has 1 unspecified atom stereocenters. The van der Waals surface area contributed by atoms with Gasteiger partial charge >= 0.3 is 0 Å². The number of nitrogens with zero attached hydrogens (tertiary/aromatic N) is 2. The maximum atomic E-state index is 12.8. The van der Waals surface area contributed by atoms with Crippen LogP contribution in [0.15, 0.2) is 53.5 Å². The summed E-state index contributed by atoms with van der Waals surface area (Å²) < 4.78 is 24.2. The zero-order valence-corrected chi connectivity index (χ0v) is 15.4. The highest BCUT2D eigenvalue weighted by atomic mass is 32.2. The number of pyridine rings is 1. The Morgan fingerprint density at radius 1 is 1.22 bits per heavy atom. The van der Waals surface area contributed by atoms with Gasteiger partial charge < -0.3 is 4.57 Å². The molecular formula is C19H18N4O3S. The number of aromatic amines is 1. The third-order valence-electron chi connectivity index (χ3n) is 4.70. The van der Waals surface area contributed by atoms with Crippen molar-refractivity contribution in [3.63, 3.8) is 0 Å². The number of fused-ring (bicyclic) bond motifs is 3. The second-order valence-corrected chi connectivity index (χ2v) is 6.95. The summed E-state index contributed by atoms with van der Waals surface area (Å²) in [6.45, 7) is 2.75. The van der Waals surface area contributed by atoms with E-state index in [4.69, 9.17) is 4.55 Å². The first-order chi connectivity index (χ1) is 13.1. The molecule has 7 nitrogen and oxygen atoms in total. The fourth-order valence-corrected chi connectivity index (χ4v) is 3.73. The van der Waals surface area contributed by atoms with Gasteiger partial charge in [-0.3, -0.25) is 14.4 Å². The van der Waals surface area contributed by atoms with Gasteiger partial charge in [-0.25, -0.2) is 8.93 Å². The molecule has 4 aromatic rings. The van der Waals surface area contributed by atoms with Gasteiger partial charge in [0.25, 0.3) is 5.56 Å². The molecule has 0 radical (unpaired) electrons. The number of hydrogen-bond acceptors (Lipinski definition) is 3. The van der Waals surface area contributed by atoms with Crippen LogP contribution in [0.3, 0.4) is 0 Å². The molecule has 0 aliphatic heterocycles. The maximum absolute atomic E-state index is 12.8. The molecule has 0 fully saturated rings. The molecule has 2 aromatic heterocycles. The first kappa shape index (κ1) is 17.6. The lowest BCUT2D eigenvalue weighted by molar-refractivity contribution is 0.549. The minimum absolute atomic E-state index is 0.0727. The standard InChI is InChI=1S/C19H18N4O3S/c1-2-23-17-9-12(14-6-4-3-5-13(14)10-21-27(25)26)7-8-15(17)18-16(19(23)24)11-20-22-18/h3-9,11,21H,2,10H2,1H3,(H,20,22)(H,25,26). The van der Waals surface area contributed by atoms with Crippen LogP contribution >= 0.6 is 0 Å². The van der Waals surface area contributed by atoms with Crippen LogP contribution < -0.4 is 10.3 Å². The first-order valence-corrected chi connectivity index (χ1v) is 9.63. The van der Waals surface area contributed by atoms with Crippen molar-refractivity contribution in [1.82, 2.24) is 19.5 Å². The first-order valence-electron chi connectivity index (χ1n) is 8.52. The van der Waals surface area contributed by atoms with Crippen molar-refractivity contribution in [2.45, 2.75) is 20.0 Å². The van der Waals surface area contributed by atoms with Crippen molar-refractivity contribution < 1.29 is 8.76 Å². The summed E-state index contributed by atoms with van der Waals surface area (Å²) >= 11 is -2.08. The van der Waals surface area contributed by atoms with E-state index in [0.29, 0.717) is 11.9 Å². The van der Waals surface area contributed by atoms with Crippen LogP contribution in [0.25, 0.3) is 32.9 Å². The Balaban J connectivity index is 1.94. The fourth-order valence-electron chi connectivity index (χ4n) is 3.45. The van der Waals surface area contributed by atoms with Crippen LogP contribution in [0.1, 0.15) is 12.5 Å². The average molecular weight is 382 g/mol. The van der Waals surface area contributed by atoms with Crippen molar-refractivity contribution in [3.8, 4) is 11.1 Å². The number of aryl methyl sites for hydroxylation is 1. The number of rotatable bonds is 5. The summed E-state index contributed by atoms with van der Waals surface area (Å²) in [5.41, 5.74) is 4.26. The van der Waals surface area contributed by atoms with E-state index in [9.17, 15) is 9.00 Å². The van der Waals surface area contributed by atoms with E-state index in [2.05, 4.69) is 14.9 Å². The average Bonchev–Trinajstić information content (AvgIpc) is 3.17. The number of aromatic nitrogens is 3. The van der Waals surface area contributed by atoms with Gasteiger partial charge in [-0.2, -0.15) is 5.10 Å². The van der Waals surface area contributed by atoms with E-state index in [1.54, 1.807) is 10.8 Å². The van der Waals surface area contributed by atoms with Crippen LogP contribution in [-0.2, 0) is 24.4 Å². The van der Waals surface area contributed by atoms with Crippen molar-refractivity contribution >= 4 is 33.1 Å². The Bertz CT molecular complexity index is 1230. The summed E-state index contributed by atoms with van der Waals surface area (Å²) in [7, 11) is 0. The molecule has 0 amide bonds. The second-order valence-electron chi connectivity index (χ2n) is 6.17. The predicted molar refractivity (Wildman–Crippen MR) is 107 cm³/mol. The smallest absolute Gasteiger partial charge is 0.262 e. The third kappa shape index (κ3) is 3.08. The zero-order chi connectivity index (χ0) is 19.0. The Hall–Kier alpha value is -2.81. The Labute approximate surface area is 157 Å². The monoisotopic (exact) mass is 382 g/mol. The van der Waals surface area contributed by atoms with Crippen LogP contribution in [0, 0.1) is 0 Å². The van der Waals surface area contributed by atoms with Gasteiger partial charge in [-0.1, -0.05) is 36.4 Å². The Morgan fingerprint density at radius 2 is 2.04 bits per heavy atom. The largest absolute Gasteiger partial charge is 0.308 e. The molecule has 0 saturated heterocycles. The highest BCUT2D eigenvalue weighted by Crippen LogP contribution is 2.29. The van der Waals surface area contributed by atoms with Gasteiger partial charge in [0.2, 0.25) is 11.3 Å². The highest BCUT2D eigenvalue weighted by molar-refractivity contribution is 7.77. The van der Waals surface area contributed by atoms with Gasteiger partial charge in [-0.05, 0) is 29.7 Å². The van der Waals surface area contributed by atoms with Crippen molar-refractivity contribution in [3.05, 3.63) is 64.6 Å². The van der Waals surface area contributed by atoms with Crippen molar-refractivity contribution in [2.75, 3.05) is 0 Å². The molecule has 0 saturated carbocycles. The minimum atomic E-state index is -2.08. The molecule has 0 bridgehead atoms. The molecule has 3 N–H and O–H groups in total. The normalized spacial score (nSPS) is 12.7. The quantitative estimate of drug-likeness (QED) is 0.462. The maximum Gasteiger partial charge on any atom is 0.262 e. The molecule has 4 rings (SSSR count). The topological polar surface area (TPSA) is 100 Å². The van der Waals surface area contributed by atoms with Crippen LogP contribution in [0.2, 0.25) is 0 Å². The van der Waals surface area contributed by atoms with Gasteiger partial charge in [0, 0.05) is 18.5 Å². The lowest BCUT2D eigenvalue weighted by Crippen LogP contribution is -2.19. The van der Waals surface area contributed by atoms with Gasteiger partial charge in [0.15, 0.2) is 0 Å². The third-order valence-corrected chi connectivity index (χ3v) is 5.09. The van der Waals surface area contributed by atoms with Gasteiger partial charge in [0.1, 0.15) is 0 Å². The summed E-state index contributed by atoms with van der Waals surface area (Å²) in [6, 6.07) is 13.6. The molecule has 138 valence electrons. The van der Waals surface area contributed by atoms with E-state index in [1.807, 2.05) is 49.4 Å². The summed E-state index contributed by atoms with van der Waals surface area (Å²) in [6.07, 6.45) is 1.56. The molecule has 0 aliphatic rings. The molecular weight excluding hydrogens is 364 g/mol. The lowest BCUT2D eigenvalue weighted by Gasteiger charge is -2.13. The number of nitrogens with one attached hydrogen (secondary N) is 2. The van der Waals surface area contributed by atoms with Crippen molar-refractivity contribution in [2.24, 2.45) is 0 Å². The molecule has 0 aliphatic carbocycles. The molecule has 2 heterocycles. The van der Waals surface area contributed by atoms with Gasteiger partial charge in [-0.15, -0.1) is 0 Å². The van der Waals surface area contributed by atoms with Crippen LogP contribution in [0.4, 0.5) is 0 Å². The highest BCUT2D eigenvalue weighted by Gasteiger charge is 2.13. The number of H-pyrrole nitrogens is 1. The van der Waals surface area contributed by atoms with Crippen LogP contribution in [0.5, 0.6) is 0 Å². The Kier molecular flexibility index (Phi) is 4.61. The zero-order valence-electron chi connectivity index (χ0n) is 14.6. The van der Waals surface area contributed by atoms with E-state index in [0.717, 1.165) is 33.1 Å². The molecule has 27 heavy (non-hydrogen) atoms. The van der Waals surface area contributed by atoms with Crippen LogP contribution in [-0.4, -0.2) is 23.5 Å². The predicted octanol–water partition coefficient (Wildman–Crippen LogP) is 2.79. The summed E-state index contributed by atoms with van der Waals surface area (Å²) in [4.78, 5) is 12.8. The fraction of sp³-hybridized carbons (Fsp3) is 0.158. The van der Waals surface area contributed by atoms with E-state index in [-0.39, 0.29) is 12.1 Å². The minimum Gasteiger partial charge on any atom is -0.308 e. The number of benzene rings is 2.